The van der Waals surface area contributed by atoms with Crippen molar-refractivity contribution in [2.75, 3.05) is 57.9 Å². The van der Waals surface area contributed by atoms with Crippen LogP contribution in [0.5, 0.6) is 0 Å². The van der Waals surface area contributed by atoms with Gasteiger partial charge in [0.15, 0.2) is 5.82 Å². The molecule has 0 atom stereocenters. The first-order valence-electron chi connectivity index (χ1n) is 11.0. The van der Waals surface area contributed by atoms with E-state index in [0.717, 1.165) is 44.8 Å². The van der Waals surface area contributed by atoms with Crippen LogP contribution < -0.4 is 10.9 Å². The summed E-state index contributed by atoms with van der Waals surface area (Å²) >= 11 is 0. The van der Waals surface area contributed by atoms with Crippen molar-refractivity contribution in [3.63, 3.8) is 0 Å². The van der Waals surface area contributed by atoms with Crippen LogP contribution in [0.1, 0.15) is 13.3 Å². The predicted octanol–water partition coefficient (Wildman–Crippen LogP) is 1.42. The number of ether oxygens (including phenoxy) is 2. The summed E-state index contributed by atoms with van der Waals surface area (Å²) in [6.45, 7) is 8.38. The van der Waals surface area contributed by atoms with Gasteiger partial charge in [0.1, 0.15) is 11.8 Å². The zero-order valence-electron chi connectivity index (χ0n) is 18.4. The van der Waals surface area contributed by atoms with Crippen LogP contribution >= 0.6 is 0 Å². The number of pyridine rings is 1. The SMILES string of the molecule is CCCOCCn1c(=O)c(NCCN2CCOCC2)nc2cnc(-c3cncnc3)cc21. The highest BCUT2D eigenvalue weighted by atomic mass is 16.5. The number of nitrogens with one attached hydrogen (secondary N) is 1. The van der Waals surface area contributed by atoms with Crippen molar-refractivity contribution in [1.82, 2.24) is 29.4 Å². The lowest BCUT2D eigenvalue weighted by Crippen LogP contribution is -2.39. The zero-order valence-corrected chi connectivity index (χ0v) is 18.4. The number of fused-ring (bicyclic) bond motifs is 1. The van der Waals surface area contributed by atoms with Crippen molar-refractivity contribution in [3.05, 3.63) is 41.3 Å². The van der Waals surface area contributed by atoms with Gasteiger partial charge in [0.25, 0.3) is 5.56 Å². The van der Waals surface area contributed by atoms with Crippen molar-refractivity contribution in [2.45, 2.75) is 19.9 Å². The predicted molar refractivity (Wildman–Crippen MR) is 122 cm³/mol. The molecule has 1 saturated heterocycles. The highest BCUT2D eigenvalue weighted by molar-refractivity contribution is 5.80. The van der Waals surface area contributed by atoms with Gasteiger partial charge in [-0.25, -0.2) is 15.0 Å². The molecule has 0 amide bonds. The number of rotatable bonds is 10. The molecular weight excluding hydrogens is 410 g/mol. The molecule has 1 N–H and O–H groups in total. The van der Waals surface area contributed by atoms with Crippen LogP contribution in [0.4, 0.5) is 5.82 Å². The summed E-state index contributed by atoms with van der Waals surface area (Å²) in [6.07, 6.45) is 7.49. The molecule has 0 unspecified atom stereocenters. The van der Waals surface area contributed by atoms with Crippen LogP contribution in [0.25, 0.3) is 22.3 Å². The normalized spacial score (nSPS) is 14.7. The van der Waals surface area contributed by atoms with Crippen LogP contribution in [0.15, 0.2) is 35.8 Å². The Labute approximate surface area is 186 Å². The maximum atomic E-state index is 13.3. The van der Waals surface area contributed by atoms with Crippen LogP contribution in [0.3, 0.4) is 0 Å². The molecule has 10 heteroatoms. The van der Waals surface area contributed by atoms with Gasteiger partial charge in [0, 0.05) is 57.3 Å². The Morgan fingerprint density at radius 2 is 1.94 bits per heavy atom. The van der Waals surface area contributed by atoms with Gasteiger partial charge in [0.2, 0.25) is 0 Å². The molecule has 4 heterocycles. The lowest BCUT2D eigenvalue weighted by atomic mass is 10.2. The molecule has 1 aliphatic rings. The summed E-state index contributed by atoms with van der Waals surface area (Å²) in [7, 11) is 0. The van der Waals surface area contributed by atoms with E-state index in [1.165, 1.54) is 6.33 Å². The summed E-state index contributed by atoms with van der Waals surface area (Å²) < 4.78 is 12.8. The Balaban J connectivity index is 1.60. The summed E-state index contributed by atoms with van der Waals surface area (Å²) in [5.74, 6) is 0.332. The molecule has 170 valence electrons. The largest absolute Gasteiger partial charge is 0.380 e. The standard InChI is InChI=1S/C22H29N7O3/c1-2-8-31-11-7-29-20-12-18(17-13-23-16-24-14-17)26-15-19(20)27-21(22(29)30)25-3-4-28-5-9-32-10-6-28/h12-16H,2-11H2,1H3,(H,25,27). The number of nitrogens with zero attached hydrogens (tertiary/aromatic N) is 6. The Morgan fingerprint density at radius 3 is 2.72 bits per heavy atom. The fourth-order valence-electron chi connectivity index (χ4n) is 3.63. The maximum Gasteiger partial charge on any atom is 0.293 e. The smallest absolute Gasteiger partial charge is 0.293 e. The average molecular weight is 440 g/mol. The number of morpholine rings is 1. The van der Waals surface area contributed by atoms with E-state index in [1.54, 1.807) is 23.2 Å². The Hall–Kier alpha value is -2.95. The van der Waals surface area contributed by atoms with Gasteiger partial charge < -0.3 is 19.4 Å². The third-order valence-corrected chi connectivity index (χ3v) is 5.32. The number of hydrogen-bond donors (Lipinski definition) is 1. The Bertz CT molecular complexity index is 1070. The number of anilines is 1. The van der Waals surface area contributed by atoms with Crippen molar-refractivity contribution in [1.29, 1.82) is 0 Å². The molecule has 1 fully saturated rings. The van der Waals surface area contributed by atoms with Crippen molar-refractivity contribution in [2.24, 2.45) is 0 Å². The highest BCUT2D eigenvalue weighted by Crippen LogP contribution is 2.20. The van der Waals surface area contributed by atoms with E-state index >= 15 is 0 Å². The fraction of sp³-hybridized carbons (Fsp3) is 0.500. The van der Waals surface area contributed by atoms with Gasteiger partial charge in [0.05, 0.1) is 37.2 Å². The average Bonchev–Trinajstić information content (AvgIpc) is 2.84. The molecule has 1 aliphatic heterocycles. The number of hydrogen-bond acceptors (Lipinski definition) is 9. The van der Waals surface area contributed by atoms with Gasteiger partial charge in [-0.3, -0.25) is 14.7 Å². The first kappa shape index (κ1) is 22.3. The van der Waals surface area contributed by atoms with Gasteiger partial charge in [-0.2, -0.15) is 0 Å². The third kappa shape index (κ3) is 5.45. The van der Waals surface area contributed by atoms with Crippen LogP contribution in [0, 0.1) is 0 Å². The highest BCUT2D eigenvalue weighted by Gasteiger charge is 2.14. The fourth-order valence-corrected chi connectivity index (χ4v) is 3.63. The molecule has 10 nitrogen and oxygen atoms in total. The summed E-state index contributed by atoms with van der Waals surface area (Å²) in [4.78, 5) is 32.8. The molecule has 0 aliphatic carbocycles. The van der Waals surface area contributed by atoms with E-state index in [2.05, 4.69) is 37.1 Å². The minimum absolute atomic E-state index is 0.166. The number of aromatic nitrogens is 5. The topological polar surface area (TPSA) is 107 Å². The van der Waals surface area contributed by atoms with E-state index in [1.807, 2.05) is 6.07 Å². The van der Waals surface area contributed by atoms with E-state index in [0.29, 0.717) is 48.8 Å². The van der Waals surface area contributed by atoms with E-state index in [9.17, 15) is 4.79 Å². The third-order valence-electron chi connectivity index (χ3n) is 5.32. The van der Waals surface area contributed by atoms with Crippen molar-refractivity contribution < 1.29 is 9.47 Å². The molecule has 0 aromatic carbocycles. The van der Waals surface area contributed by atoms with E-state index in [4.69, 9.17) is 9.47 Å². The Kier molecular flexibility index (Phi) is 7.70. The minimum Gasteiger partial charge on any atom is -0.380 e. The van der Waals surface area contributed by atoms with Crippen molar-refractivity contribution >= 4 is 16.9 Å². The monoisotopic (exact) mass is 439 g/mol. The quantitative estimate of drug-likeness (QED) is 0.469. The molecule has 3 aromatic rings. The second-order valence-corrected chi connectivity index (χ2v) is 7.60. The van der Waals surface area contributed by atoms with E-state index < -0.39 is 0 Å². The maximum absolute atomic E-state index is 13.3. The van der Waals surface area contributed by atoms with Crippen LogP contribution in [-0.4, -0.2) is 82.0 Å². The van der Waals surface area contributed by atoms with Gasteiger partial charge in [-0.05, 0) is 12.5 Å². The molecule has 3 aromatic heterocycles. The lowest BCUT2D eigenvalue weighted by molar-refractivity contribution is 0.0398. The summed E-state index contributed by atoms with van der Waals surface area (Å²) in [5, 5.41) is 3.23. The zero-order chi connectivity index (χ0) is 22.2. The molecule has 32 heavy (non-hydrogen) atoms. The summed E-state index contributed by atoms with van der Waals surface area (Å²) in [5.41, 5.74) is 2.66. The first-order chi connectivity index (χ1) is 15.8. The second kappa shape index (κ2) is 11.1. The molecule has 0 bridgehead atoms. The summed E-state index contributed by atoms with van der Waals surface area (Å²) in [6, 6.07) is 1.86. The minimum atomic E-state index is -0.166. The van der Waals surface area contributed by atoms with Crippen molar-refractivity contribution in [3.8, 4) is 11.3 Å². The molecule has 0 saturated carbocycles. The van der Waals surface area contributed by atoms with Crippen LogP contribution in [0.2, 0.25) is 0 Å². The lowest BCUT2D eigenvalue weighted by Gasteiger charge is -2.26. The molecule has 4 rings (SSSR count). The van der Waals surface area contributed by atoms with Gasteiger partial charge in [-0.1, -0.05) is 6.92 Å². The Morgan fingerprint density at radius 1 is 1.12 bits per heavy atom. The van der Waals surface area contributed by atoms with Gasteiger partial charge in [-0.15, -0.1) is 0 Å². The molecule has 0 spiro atoms. The van der Waals surface area contributed by atoms with E-state index in [-0.39, 0.29) is 5.56 Å². The molecule has 0 radical (unpaired) electrons. The second-order valence-electron chi connectivity index (χ2n) is 7.60. The first-order valence-corrected chi connectivity index (χ1v) is 11.0. The van der Waals surface area contributed by atoms with Gasteiger partial charge >= 0.3 is 0 Å². The van der Waals surface area contributed by atoms with Crippen LogP contribution in [-0.2, 0) is 16.0 Å². The molecular formula is C22H29N7O3.